The molecule has 1 N–H and O–H groups in total. The highest BCUT2D eigenvalue weighted by Gasteiger charge is 2.24. The predicted octanol–water partition coefficient (Wildman–Crippen LogP) is 3.08. The fraction of sp³-hybridized carbons (Fsp3) is 0.682. The fourth-order valence-electron chi connectivity index (χ4n) is 3.99. The molecule has 1 aliphatic heterocycles. The Morgan fingerprint density at radius 3 is 2.31 bits per heavy atom. The van der Waals surface area contributed by atoms with Crippen LogP contribution in [0.3, 0.4) is 0 Å². The highest BCUT2D eigenvalue weighted by Crippen LogP contribution is 2.17. The molecule has 0 saturated carbocycles. The van der Waals surface area contributed by atoms with E-state index in [4.69, 9.17) is 0 Å². The standard InChI is InChI=1S/C22H37N3O/c1-17-14-18(2)20(19(3)15-17)8-9-23-21(26)16-24-10-7-11-25(13-12-24)22(4,5)6/h14-15H,7-13,16H2,1-6H3,(H,23,26). The maximum Gasteiger partial charge on any atom is 0.234 e. The molecule has 1 aromatic carbocycles. The van der Waals surface area contributed by atoms with Gasteiger partial charge in [-0.1, -0.05) is 17.7 Å². The lowest BCUT2D eigenvalue weighted by molar-refractivity contribution is -0.122. The number of rotatable bonds is 5. The number of hydrogen-bond donors (Lipinski definition) is 1. The Bertz CT molecular complexity index is 595. The van der Waals surface area contributed by atoms with E-state index in [9.17, 15) is 4.79 Å². The zero-order valence-corrected chi connectivity index (χ0v) is 17.6. The lowest BCUT2D eigenvalue weighted by Gasteiger charge is -2.34. The number of carbonyl (C=O) groups is 1. The van der Waals surface area contributed by atoms with Crippen LogP contribution in [0.5, 0.6) is 0 Å². The van der Waals surface area contributed by atoms with Gasteiger partial charge in [-0.05, 0) is 84.2 Å². The molecule has 0 aromatic heterocycles. The molecular formula is C22H37N3O. The van der Waals surface area contributed by atoms with Gasteiger partial charge in [0.25, 0.3) is 0 Å². The summed E-state index contributed by atoms with van der Waals surface area (Å²) in [4.78, 5) is 17.2. The van der Waals surface area contributed by atoms with Crippen LogP contribution < -0.4 is 5.32 Å². The first-order valence-corrected chi connectivity index (χ1v) is 9.97. The van der Waals surface area contributed by atoms with Crippen LogP contribution in [0.1, 0.15) is 49.4 Å². The van der Waals surface area contributed by atoms with Crippen LogP contribution in [0.2, 0.25) is 0 Å². The van der Waals surface area contributed by atoms with Crippen molar-refractivity contribution in [2.45, 2.75) is 59.9 Å². The summed E-state index contributed by atoms with van der Waals surface area (Å²) >= 11 is 0. The third-order valence-electron chi connectivity index (χ3n) is 5.44. The fourth-order valence-corrected chi connectivity index (χ4v) is 3.99. The van der Waals surface area contributed by atoms with Crippen LogP contribution >= 0.6 is 0 Å². The third kappa shape index (κ3) is 6.10. The van der Waals surface area contributed by atoms with Crippen molar-refractivity contribution in [2.75, 3.05) is 39.3 Å². The molecule has 0 radical (unpaired) electrons. The quantitative estimate of drug-likeness (QED) is 0.878. The number of carbonyl (C=O) groups excluding carboxylic acids is 1. The molecule has 1 aliphatic rings. The average molecular weight is 360 g/mol. The Balaban J connectivity index is 1.77. The normalized spacial score (nSPS) is 17.2. The van der Waals surface area contributed by atoms with Crippen LogP contribution in [-0.4, -0.2) is 60.5 Å². The van der Waals surface area contributed by atoms with Crippen LogP contribution in [0.4, 0.5) is 0 Å². The van der Waals surface area contributed by atoms with Crippen molar-refractivity contribution in [2.24, 2.45) is 0 Å². The average Bonchev–Trinajstić information content (AvgIpc) is 2.75. The summed E-state index contributed by atoms with van der Waals surface area (Å²) < 4.78 is 0. The number of hydrogen-bond acceptors (Lipinski definition) is 3. The van der Waals surface area contributed by atoms with Crippen molar-refractivity contribution in [3.8, 4) is 0 Å². The predicted molar refractivity (Wildman–Crippen MR) is 110 cm³/mol. The second-order valence-electron chi connectivity index (χ2n) is 8.76. The smallest absolute Gasteiger partial charge is 0.234 e. The lowest BCUT2D eigenvalue weighted by Crippen LogP contribution is -2.44. The van der Waals surface area contributed by atoms with Crippen molar-refractivity contribution < 1.29 is 4.79 Å². The van der Waals surface area contributed by atoms with Gasteiger partial charge >= 0.3 is 0 Å². The summed E-state index contributed by atoms with van der Waals surface area (Å²) in [5.41, 5.74) is 5.53. The van der Waals surface area contributed by atoms with E-state index in [2.05, 4.69) is 68.8 Å². The maximum absolute atomic E-state index is 12.3. The Labute approximate surface area is 159 Å². The summed E-state index contributed by atoms with van der Waals surface area (Å²) in [5.74, 6) is 0.150. The molecule has 0 aliphatic carbocycles. The van der Waals surface area contributed by atoms with E-state index in [1.165, 1.54) is 22.3 Å². The molecule has 4 heteroatoms. The molecule has 1 saturated heterocycles. The number of amides is 1. The highest BCUT2D eigenvalue weighted by atomic mass is 16.2. The monoisotopic (exact) mass is 359 g/mol. The topological polar surface area (TPSA) is 35.6 Å². The van der Waals surface area contributed by atoms with E-state index in [0.717, 1.165) is 39.0 Å². The summed E-state index contributed by atoms with van der Waals surface area (Å²) in [6.07, 6.45) is 2.04. The molecule has 26 heavy (non-hydrogen) atoms. The zero-order chi connectivity index (χ0) is 19.3. The van der Waals surface area contributed by atoms with Gasteiger partial charge in [-0.3, -0.25) is 14.6 Å². The lowest BCUT2D eigenvalue weighted by atomic mass is 9.97. The molecule has 2 rings (SSSR count). The summed E-state index contributed by atoms with van der Waals surface area (Å²) in [5, 5.41) is 3.12. The van der Waals surface area contributed by atoms with E-state index in [1.807, 2.05) is 0 Å². The van der Waals surface area contributed by atoms with Crippen molar-refractivity contribution in [3.63, 3.8) is 0 Å². The molecule has 0 atom stereocenters. The third-order valence-corrected chi connectivity index (χ3v) is 5.44. The van der Waals surface area contributed by atoms with E-state index in [0.29, 0.717) is 13.1 Å². The van der Waals surface area contributed by atoms with E-state index >= 15 is 0 Å². The Morgan fingerprint density at radius 1 is 1.04 bits per heavy atom. The van der Waals surface area contributed by atoms with E-state index in [1.54, 1.807) is 0 Å². The number of benzene rings is 1. The van der Waals surface area contributed by atoms with Gasteiger partial charge in [0.05, 0.1) is 6.54 Å². The molecule has 4 nitrogen and oxygen atoms in total. The molecule has 1 aromatic rings. The van der Waals surface area contributed by atoms with Crippen LogP contribution in [0.25, 0.3) is 0 Å². The SMILES string of the molecule is Cc1cc(C)c(CCNC(=O)CN2CCCN(C(C)(C)C)CC2)c(C)c1. The molecule has 146 valence electrons. The molecular weight excluding hydrogens is 322 g/mol. The first-order valence-electron chi connectivity index (χ1n) is 9.97. The minimum atomic E-state index is 0.150. The maximum atomic E-state index is 12.3. The second-order valence-corrected chi connectivity index (χ2v) is 8.76. The number of nitrogens with zero attached hydrogens (tertiary/aromatic N) is 2. The van der Waals surface area contributed by atoms with Gasteiger partial charge < -0.3 is 5.32 Å². The van der Waals surface area contributed by atoms with Crippen molar-refractivity contribution >= 4 is 5.91 Å². The minimum Gasteiger partial charge on any atom is -0.355 e. The largest absolute Gasteiger partial charge is 0.355 e. The Kier molecular flexibility index (Phi) is 7.24. The summed E-state index contributed by atoms with van der Waals surface area (Å²) in [6, 6.07) is 4.45. The molecule has 1 heterocycles. The van der Waals surface area contributed by atoms with Crippen LogP contribution in [0, 0.1) is 20.8 Å². The van der Waals surface area contributed by atoms with Crippen molar-refractivity contribution in [1.82, 2.24) is 15.1 Å². The first kappa shape index (κ1) is 20.9. The zero-order valence-electron chi connectivity index (χ0n) is 17.6. The van der Waals surface area contributed by atoms with Crippen LogP contribution in [-0.2, 0) is 11.2 Å². The van der Waals surface area contributed by atoms with Gasteiger partial charge in [-0.2, -0.15) is 0 Å². The van der Waals surface area contributed by atoms with E-state index in [-0.39, 0.29) is 11.4 Å². The molecule has 0 unspecified atom stereocenters. The van der Waals surface area contributed by atoms with Gasteiger partial charge in [0.1, 0.15) is 0 Å². The first-order chi connectivity index (χ1) is 12.2. The van der Waals surface area contributed by atoms with E-state index < -0.39 is 0 Å². The van der Waals surface area contributed by atoms with Crippen molar-refractivity contribution in [1.29, 1.82) is 0 Å². The van der Waals surface area contributed by atoms with Crippen molar-refractivity contribution in [3.05, 3.63) is 34.4 Å². The van der Waals surface area contributed by atoms with Gasteiger partial charge in [-0.15, -0.1) is 0 Å². The van der Waals surface area contributed by atoms with Gasteiger partial charge in [0.2, 0.25) is 5.91 Å². The molecule has 0 spiro atoms. The molecule has 1 amide bonds. The summed E-state index contributed by atoms with van der Waals surface area (Å²) in [7, 11) is 0. The Morgan fingerprint density at radius 2 is 1.69 bits per heavy atom. The second kappa shape index (κ2) is 9.01. The van der Waals surface area contributed by atoms with Gasteiger partial charge in [0, 0.05) is 25.2 Å². The summed E-state index contributed by atoms with van der Waals surface area (Å²) in [6.45, 7) is 18.6. The molecule has 1 fully saturated rings. The van der Waals surface area contributed by atoms with Crippen LogP contribution in [0.15, 0.2) is 12.1 Å². The Hall–Kier alpha value is -1.39. The van der Waals surface area contributed by atoms with Gasteiger partial charge in [-0.25, -0.2) is 0 Å². The minimum absolute atomic E-state index is 0.150. The number of aryl methyl sites for hydroxylation is 3. The number of nitrogens with one attached hydrogen (secondary N) is 1. The van der Waals surface area contributed by atoms with Gasteiger partial charge in [0.15, 0.2) is 0 Å². The molecule has 0 bridgehead atoms. The highest BCUT2D eigenvalue weighted by molar-refractivity contribution is 5.78.